The average molecular weight is 289 g/mol. The number of benzene rings is 1. The van der Waals surface area contributed by atoms with Crippen molar-refractivity contribution in [1.29, 1.82) is 0 Å². The van der Waals surface area contributed by atoms with Gasteiger partial charge in [-0.25, -0.2) is 4.79 Å². The third kappa shape index (κ3) is 5.10. The maximum absolute atomic E-state index is 11.9. The van der Waals surface area contributed by atoms with Crippen molar-refractivity contribution in [3.05, 3.63) is 24.3 Å². The molecule has 1 aromatic rings. The highest BCUT2D eigenvalue weighted by Gasteiger charge is 2.15. The number of anilines is 2. The smallest absolute Gasteiger partial charge is 0.319 e. The van der Waals surface area contributed by atoms with Crippen LogP contribution in [0.4, 0.5) is 16.2 Å². The molecule has 5 nitrogen and oxygen atoms in total. The van der Waals surface area contributed by atoms with Gasteiger partial charge in [0.1, 0.15) is 0 Å². The van der Waals surface area contributed by atoms with Crippen LogP contribution in [0.25, 0.3) is 0 Å². The molecule has 114 valence electrons. The van der Waals surface area contributed by atoms with Gasteiger partial charge in [-0.05, 0) is 37.1 Å². The summed E-state index contributed by atoms with van der Waals surface area (Å²) in [7, 11) is 0. The summed E-state index contributed by atoms with van der Waals surface area (Å²) < 4.78 is 0. The number of hydrogen-bond acceptors (Lipinski definition) is 2. The summed E-state index contributed by atoms with van der Waals surface area (Å²) in [5.41, 5.74) is 1.46. The van der Waals surface area contributed by atoms with E-state index >= 15 is 0 Å². The Hall–Kier alpha value is -2.04. The van der Waals surface area contributed by atoms with Crippen LogP contribution in [0.1, 0.15) is 45.4 Å². The van der Waals surface area contributed by atoms with Gasteiger partial charge in [-0.15, -0.1) is 0 Å². The number of rotatable bonds is 4. The topological polar surface area (TPSA) is 70.2 Å². The highest BCUT2D eigenvalue weighted by atomic mass is 16.2. The first-order chi connectivity index (χ1) is 10.2. The lowest BCUT2D eigenvalue weighted by atomic mass is 9.96. The first-order valence-electron chi connectivity index (χ1n) is 7.65. The van der Waals surface area contributed by atoms with Crippen molar-refractivity contribution in [1.82, 2.24) is 5.32 Å². The van der Waals surface area contributed by atoms with Crippen molar-refractivity contribution in [2.75, 3.05) is 10.6 Å². The summed E-state index contributed by atoms with van der Waals surface area (Å²) in [5.74, 6) is -0.0225. The second kappa shape index (κ2) is 7.67. The molecule has 5 heteroatoms. The zero-order valence-corrected chi connectivity index (χ0v) is 12.4. The third-order valence-electron chi connectivity index (χ3n) is 3.69. The summed E-state index contributed by atoms with van der Waals surface area (Å²) in [4.78, 5) is 23.2. The molecule has 3 amide bonds. The van der Waals surface area contributed by atoms with Gasteiger partial charge in [0, 0.05) is 23.8 Å². The Kier molecular flexibility index (Phi) is 5.60. The van der Waals surface area contributed by atoms with Crippen LogP contribution in [-0.2, 0) is 4.79 Å². The average Bonchev–Trinajstić information content (AvgIpc) is 2.50. The zero-order chi connectivity index (χ0) is 15.1. The van der Waals surface area contributed by atoms with E-state index in [0.717, 1.165) is 24.2 Å². The Balaban J connectivity index is 1.81. The maximum Gasteiger partial charge on any atom is 0.319 e. The van der Waals surface area contributed by atoms with Crippen molar-refractivity contribution in [2.45, 2.75) is 51.5 Å². The Labute approximate surface area is 125 Å². The van der Waals surface area contributed by atoms with Crippen molar-refractivity contribution < 1.29 is 9.59 Å². The SMILES string of the molecule is CCC(=O)Nc1ccc(NC(=O)NC2CCCCC2)cc1. The number of amides is 3. The molecule has 0 heterocycles. The van der Waals surface area contributed by atoms with E-state index < -0.39 is 0 Å². The fraction of sp³-hybridized carbons (Fsp3) is 0.500. The minimum absolute atomic E-state index is 0.0225. The van der Waals surface area contributed by atoms with Gasteiger partial charge in [-0.1, -0.05) is 26.2 Å². The van der Waals surface area contributed by atoms with Gasteiger partial charge in [0.25, 0.3) is 0 Å². The lowest BCUT2D eigenvalue weighted by Crippen LogP contribution is -2.38. The molecule has 0 aliphatic heterocycles. The number of carbonyl (C=O) groups excluding carboxylic acids is 2. The van der Waals surface area contributed by atoms with Crippen LogP contribution in [0, 0.1) is 0 Å². The van der Waals surface area contributed by atoms with Crippen molar-refractivity contribution in [3.8, 4) is 0 Å². The van der Waals surface area contributed by atoms with Crippen LogP contribution >= 0.6 is 0 Å². The van der Waals surface area contributed by atoms with Crippen LogP contribution < -0.4 is 16.0 Å². The number of urea groups is 1. The van der Waals surface area contributed by atoms with Crippen molar-refractivity contribution >= 4 is 23.3 Å². The van der Waals surface area contributed by atoms with E-state index in [1.165, 1.54) is 19.3 Å². The minimum atomic E-state index is -0.160. The molecule has 0 aromatic heterocycles. The summed E-state index contributed by atoms with van der Waals surface area (Å²) >= 11 is 0. The Morgan fingerprint density at radius 2 is 1.57 bits per heavy atom. The Morgan fingerprint density at radius 1 is 1.00 bits per heavy atom. The first-order valence-corrected chi connectivity index (χ1v) is 7.65. The molecular weight excluding hydrogens is 266 g/mol. The molecule has 0 unspecified atom stereocenters. The lowest BCUT2D eigenvalue weighted by Gasteiger charge is -2.22. The second-order valence-corrected chi connectivity index (χ2v) is 5.41. The number of nitrogens with one attached hydrogen (secondary N) is 3. The highest BCUT2D eigenvalue weighted by molar-refractivity contribution is 5.92. The van der Waals surface area contributed by atoms with Gasteiger partial charge < -0.3 is 16.0 Å². The molecule has 1 aromatic carbocycles. The molecule has 3 N–H and O–H groups in total. The van der Waals surface area contributed by atoms with E-state index in [4.69, 9.17) is 0 Å². The Morgan fingerprint density at radius 3 is 2.14 bits per heavy atom. The molecule has 0 saturated heterocycles. The maximum atomic E-state index is 11.9. The molecule has 2 rings (SSSR count). The molecule has 0 spiro atoms. The van der Waals surface area contributed by atoms with Crippen molar-refractivity contribution in [2.24, 2.45) is 0 Å². The van der Waals surface area contributed by atoms with Crippen LogP contribution in [0.5, 0.6) is 0 Å². The van der Waals surface area contributed by atoms with Gasteiger partial charge in [-0.2, -0.15) is 0 Å². The predicted octanol–water partition coefficient (Wildman–Crippen LogP) is 3.49. The van der Waals surface area contributed by atoms with Crippen LogP contribution in [0.15, 0.2) is 24.3 Å². The summed E-state index contributed by atoms with van der Waals surface area (Å²) in [5, 5.41) is 8.60. The monoisotopic (exact) mass is 289 g/mol. The predicted molar refractivity (Wildman–Crippen MR) is 84.4 cm³/mol. The van der Waals surface area contributed by atoms with Crippen LogP contribution in [-0.4, -0.2) is 18.0 Å². The first kappa shape index (κ1) is 15.4. The number of hydrogen-bond donors (Lipinski definition) is 3. The Bertz CT molecular complexity index is 479. The molecule has 1 fully saturated rings. The van der Waals surface area contributed by atoms with Crippen LogP contribution in [0.2, 0.25) is 0 Å². The van der Waals surface area contributed by atoms with Gasteiger partial charge in [0.05, 0.1) is 0 Å². The van der Waals surface area contributed by atoms with E-state index in [-0.39, 0.29) is 11.9 Å². The van der Waals surface area contributed by atoms with E-state index in [9.17, 15) is 9.59 Å². The van der Waals surface area contributed by atoms with Crippen LogP contribution in [0.3, 0.4) is 0 Å². The molecule has 0 bridgehead atoms. The molecule has 1 saturated carbocycles. The van der Waals surface area contributed by atoms with E-state index in [1.54, 1.807) is 31.2 Å². The van der Waals surface area contributed by atoms with Gasteiger partial charge >= 0.3 is 6.03 Å². The fourth-order valence-electron chi connectivity index (χ4n) is 2.49. The largest absolute Gasteiger partial charge is 0.335 e. The third-order valence-corrected chi connectivity index (χ3v) is 3.69. The van der Waals surface area contributed by atoms with Gasteiger partial charge in [0.15, 0.2) is 0 Å². The van der Waals surface area contributed by atoms with E-state index in [2.05, 4.69) is 16.0 Å². The standard InChI is InChI=1S/C16H23N3O2/c1-2-15(20)17-13-8-10-14(11-9-13)19-16(21)18-12-6-4-3-5-7-12/h8-12H,2-7H2,1H3,(H,17,20)(H2,18,19,21). The number of carbonyl (C=O) groups is 2. The second-order valence-electron chi connectivity index (χ2n) is 5.41. The normalized spacial score (nSPS) is 15.3. The fourth-order valence-corrected chi connectivity index (χ4v) is 2.49. The summed E-state index contributed by atoms with van der Waals surface area (Å²) in [6.07, 6.45) is 6.23. The quantitative estimate of drug-likeness (QED) is 0.794. The molecule has 0 atom stereocenters. The van der Waals surface area contributed by atoms with Crippen molar-refractivity contribution in [3.63, 3.8) is 0 Å². The molecule has 21 heavy (non-hydrogen) atoms. The molecule has 0 radical (unpaired) electrons. The summed E-state index contributed by atoms with van der Waals surface area (Å²) in [6.45, 7) is 1.81. The van der Waals surface area contributed by atoms with Gasteiger partial charge in [-0.3, -0.25) is 4.79 Å². The lowest BCUT2D eigenvalue weighted by molar-refractivity contribution is -0.115. The zero-order valence-electron chi connectivity index (χ0n) is 12.4. The molecular formula is C16H23N3O2. The molecule has 1 aliphatic carbocycles. The van der Waals surface area contributed by atoms with E-state index in [1.807, 2.05) is 0 Å². The van der Waals surface area contributed by atoms with E-state index in [0.29, 0.717) is 12.5 Å². The highest BCUT2D eigenvalue weighted by Crippen LogP contribution is 2.18. The van der Waals surface area contributed by atoms with Gasteiger partial charge in [0.2, 0.25) is 5.91 Å². The minimum Gasteiger partial charge on any atom is -0.335 e. The summed E-state index contributed by atoms with van der Waals surface area (Å²) in [6, 6.07) is 7.26. The molecule has 1 aliphatic rings.